The van der Waals surface area contributed by atoms with E-state index in [9.17, 15) is 4.79 Å². The van der Waals surface area contributed by atoms with E-state index in [1.54, 1.807) is 6.20 Å². The number of nitrogens with one attached hydrogen (secondary N) is 1. The summed E-state index contributed by atoms with van der Waals surface area (Å²) in [5.41, 5.74) is 1.00. The maximum absolute atomic E-state index is 11.6. The fourth-order valence-corrected chi connectivity index (χ4v) is 1.91. The Morgan fingerprint density at radius 2 is 2.11 bits per heavy atom. The first kappa shape index (κ1) is 12.0. The highest BCUT2D eigenvalue weighted by molar-refractivity contribution is 5.76. The highest BCUT2D eigenvalue weighted by Crippen LogP contribution is 2.21. The van der Waals surface area contributed by atoms with Gasteiger partial charge in [-0.15, -0.1) is 0 Å². The van der Waals surface area contributed by atoms with Crippen LogP contribution in [0.3, 0.4) is 0 Å². The van der Waals surface area contributed by atoms with Crippen molar-refractivity contribution in [3.63, 3.8) is 0 Å². The zero-order valence-electron chi connectivity index (χ0n) is 10.6. The van der Waals surface area contributed by atoms with Crippen LogP contribution < -0.4 is 5.32 Å². The predicted molar refractivity (Wildman–Crippen MR) is 71.4 cm³/mol. The lowest BCUT2D eigenvalue weighted by Gasteiger charge is -2.00. The van der Waals surface area contributed by atoms with Gasteiger partial charge in [-0.3, -0.25) is 4.79 Å². The Kier molecular flexibility index (Phi) is 3.31. The maximum Gasteiger partial charge on any atom is 0.220 e. The Morgan fingerprint density at radius 3 is 2.84 bits per heavy atom. The van der Waals surface area contributed by atoms with Crippen LogP contribution in [0.2, 0.25) is 0 Å². The van der Waals surface area contributed by atoms with Crippen LogP contribution in [-0.2, 0) is 11.2 Å². The van der Waals surface area contributed by atoms with Crippen molar-refractivity contribution in [1.29, 1.82) is 0 Å². The molecule has 98 valence electrons. The van der Waals surface area contributed by atoms with Gasteiger partial charge in [-0.1, -0.05) is 30.3 Å². The van der Waals surface area contributed by atoms with Crippen molar-refractivity contribution in [2.24, 2.45) is 0 Å². The van der Waals surface area contributed by atoms with Crippen molar-refractivity contribution in [2.45, 2.75) is 31.7 Å². The van der Waals surface area contributed by atoms with Gasteiger partial charge in [0.15, 0.2) is 11.7 Å². The van der Waals surface area contributed by atoms with Gasteiger partial charge in [0.1, 0.15) is 0 Å². The molecule has 1 aromatic carbocycles. The molecular formula is C15H16N2O2. The zero-order valence-corrected chi connectivity index (χ0v) is 10.6. The first-order valence-corrected chi connectivity index (χ1v) is 6.61. The SMILES string of the molecule is O=C(CCc1ncc(-c2ccccc2)o1)NC1CC1. The monoisotopic (exact) mass is 256 g/mol. The Morgan fingerprint density at radius 1 is 1.32 bits per heavy atom. The largest absolute Gasteiger partial charge is 0.441 e. The summed E-state index contributed by atoms with van der Waals surface area (Å²) in [7, 11) is 0. The highest BCUT2D eigenvalue weighted by atomic mass is 16.4. The maximum atomic E-state index is 11.6. The molecule has 0 saturated heterocycles. The summed E-state index contributed by atoms with van der Waals surface area (Å²) in [5, 5.41) is 2.95. The number of carbonyl (C=O) groups is 1. The number of benzene rings is 1. The molecule has 1 aliphatic carbocycles. The molecule has 0 aliphatic heterocycles. The quantitative estimate of drug-likeness (QED) is 0.894. The third kappa shape index (κ3) is 3.22. The second-order valence-electron chi connectivity index (χ2n) is 4.83. The number of aryl methyl sites for hydroxylation is 1. The number of oxazole rings is 1. The van der Waals surface area contributed by atoms with E-state index in [-0.39, 0.29) is 5.91 Å². The van der Waals surface area contributed by atoms with Gasteiger partial charge in [0.05, 0.1) is 6.20 Å². The second kappa shape index (κ2) is 5.26. The molecule has 19 heavy (non-hydrogen) atoms. The molecule has 1 aliphatic rings. The Bertz CT molecular complexity index is 559. The smallest absolute Gasteiger partial charge is 0.220 e. The van der Waals surface area contributed by atoms with E-state index < -0.39 is 0 Å². The molecule has 3 rings (SSSR count). The fourth-order valence-electron chi connectivity index (χ4n) is 1.91. The molecule has 1 saturated carbocycles. The first-order chi connectivity index (χ1) is 9.31. The topological polar surface area (TPSA) is 55.1 Å². The molecule has 0 spiro atoms. The number of rotatable bonds is 5. The zero-order chi connectivity index (χ0) is 13.1. The van der Waals surface area contributed by atoms with Crippen LogP contribution in [0.15, 0.2) is 40.9 Å². The molecule has 0 bridgehead atoms. The number of aromatic nitrogens is 1. The average molecular weight is 256 g/mol. The van der Waals surface area contributed by atoms with E-state index in [1.807, 2.05) is 30.3 Å². The normalized spacial score (nSPS) is 14.3. The summed E-state index contributed by atoms with van der Waals surface area (Å²) >= 11 is 0. The minimum Gasteiger partial charge on any atom is -0.441 e. The van der Waals surface area contributed by atoms with Gasteiger partial charge in [-0.2, -0.15) is 0 Å². The number of hydrogen-bond donors (Lipinski definition) is 1. The van der Waals surface area contributed by atoms with Gasteiger partial charge in [0.25, 0.3) is 0 Å². The molecule has 0 atom stereocenters. The van der Waals surface area contributed by atoms with E-state index in [1.165, 1.54) is 0 Å². The van der Waals surface area contributed by atoms with Gasteiger partial charge in [-0.05, 0) is 12.8 Å². The Labute approximate surface area is 111 Å². The molecule has 4 heteroatoms. The molecule has 0 radical (unpaired) electrons. The van der Waals surface area contributed by atoms with Crippen LogP contribution in [0, 0.1) is 0 Å². The number of carbonyl (C=O) groups excluding carboxylic acids is 1. The van der Waals surface area contributed by atoms with E-state index in [0.29, 0.717) is 24.8 Å². The van der Waals surface area contributed by atoms with Gasteiger partial charge in [0.2, 0.25) is 5.91 Å². The van der Waals surface area contributed by atoms with E-state index in [2.05, 4.69) is 10.3 Å². The summed E-state index contributed by atoms with van der Waals surface area (Å²) in [5.74, 6) is 1.45. The minimum atomic E-state index is 0.0851. The summed E-state index contributed by atoms with van der Waals surface area (Å²) in [4.78, 5) is 15.8. The molecule has 4 nitrogen and oxygen atoms in total. The minimum absolute atomic E-state index is 0.0851. The van der Waals surface area contributed by atoms with Gasteiger partial charge in [-0.25, -0.2) is 4.98 Å². The third-order valence-electron chi connectivity index (χ3n) is 3.12. The van der Waals surface area contributed by atoms with Gasteiger partial charge < -0.3 is 9.73 Å². The van der Waals surface area contributed by atoms with Crippen LogP contribution in [-0.4, -0.2) is 16.9 Å². The lowest BCUT2D eigenvalue weighted by Crippen LogP contribution is -2.25. The van der Waals surface area contributed by atoms with Crippen molar-refractivity contribution < 1.29 is 9.21 Å². The fraction of sp³-hybridized carbons (Fsp3) is 0.333. The summed E-state index contributed by atoms with van der Waals surface area (Å²) < 4.78 is 5.65. The molecule has 1 aromatic heterocycles. The van der Waals surface area contributed by atoms with Crippen LogP contribution in [0.4, 0.5) is 0 Å². The lowest BCUT2D eigenvalue weighted by molar-refractivity contribution is -0.121. The second-order valence-corrected chi connectivity index (χ2v) is 4.83. The number of hydrogen-bond acceptors (Lipinski definition) is 3. The van der Waals surface area contributed by atoms with Crippen molar-refractivity contribution in [2.75, 3.05) is 0 Å². The van der Waals surface area contributed by atoms with Crippen molar-refractivity contribution in [3.05, 3.63) is 42.4 Å². The summed E-state index contributed by atoms with van der Waals surface area (Å²) in [6.07, 6.45) is 4.92. The van der Waals surface area contributed by atoms with Gasteiger partial charge >= 0.3 is 0 Å². The molecule has 1 fully saturated rings. The molecule has 1 heterocycles. The number of nitrogens with zero attached hydrogens (tertiary/aromatic N) is 1. The van der Waals surface area contributed by atoms with E-state index >= 15 is 0 Å². The molecular weight excluding hydrogens is 240 g/mol. The molecule has 0 unspecified atom stereocenters. The summed E-state index contributed by atoms with van der Waals surface area (Å²) in [6, 6.07) is 10.2. The van der Waals surface area contributed by atoms with Crippen molar-refractivity contribution in [1.82, 2.24) is 10.3 Å². The Hall–Kier alpha value is -2.10. The lowest BCUT2D eigenvalue weighted by atomic mass is 10.2. The Balaban J connectivity index is 1.57. The molecule has 2 aromatic rings. The van der Waals surface area contributed by atoms with Crippen molar-refractivity contribution in [3.8, 4) is 11.3 Å². The van der Waals surface area contributed by atoms with Gasteiger partial charge in [0, 0.05) is 24.4 Å². The van der Waals surface area contributed by atoms with Crippen LogP contribution >= 0.6 is 0 Å². The van der Waals surface area contributed by atoms with Crippen LogP contribution in [0.25, 0.3) is 11.3 Å². The van der Waals surface area contributed by atoms with E-state index in [4.69, 9.17) is 4.42 Å². The highest BCUT2D eigenvalue weighted by Gasteiger charge is 2.23. The first-order valence-electron chi connectivity index (χ1n) is 6.61. The predicted octanol–water partition coefficient (Wildman–Crippen LogP) is 2.55. The molecule has 1 amide bonds. The van der Waals surface area contributed by atoms with Crippen molar-refractivity contribution >= 4 is 5.91 Å². The third-order valence-corrected chi connectivity index (χ3v) is 3.12. The number of amides is 1. The average Bonchev–Trinajstić information content (AvgIpc) is 3.12. The van der Waals surface area contributed by atoms with Crippen LogP contribution in [0.5, 0.6) is 0 Å². The standard InChI is InChI=1S/C15H16N2O2/c18-14(17-12-6-7-12)8-9-15-16-10-13(19-15)11-4-2-1-3-5-11/h1-5,10,12H,6-9H2,(H,17,18). The molecule has 1 N–H and O–H groups in total. The summed E-state index contributed by atoms with van der Waals surface area (Å²) in [6.45, 7) is 0. The van der Waals surface area contributed by atoms with E-state index in [0.717, 1.165) is 24.2 Å². The van der Waals surface area contributed by atoms with Crippen LogP contribution in [0.1, 0.15) is 25.2 Å².